The second kappa shape index (κ2) is 9.71. The van der Waals surface area contributed by atoms with E-state index in [1.807, 2.05) is 25.1 Å². The van der Waals surface area contributed by atoms with E-state index >= 15 is 4.39 Å². The zero-order valence-corrected chi connectivity index (χ0v) is 19.1. The van der Waals surface area contributed by atoms with E-state index in [-0.39, 0.29) is 18.1 Å². The molecule has 1 N–H and O–H groups in total. The van der Waals surface area contributed by atoms with Crippen molar-refractivity contribution in [3.63, 3.8) is 0 Å². The predicted octanol–water partition coefficient (Wildman–Crippen LogP) is 4.49. The Morgan fingerprint density at radius 3 is 2.54 bits per heavy atom. The van der Waals surface area contributed by atoms with Gasteiger partial charge in [0.05, 0.1) is 24.4 Å². The molecule has 1 saturated heterocycles. The van der Waals surface area contributed by atoms with Crippen molar-refractivity contribution in [1.82, 2.24) is 25.2 Å². The molecule has 2 aromatic heterocycles. The number of aryl methyl sites for hydroxylation is 1. The van der Waals surface area contributed by atoms with Gasteiger partial charge < -0.3 is 15.0 Å². The molecular formula is C26H23F2N5O2. The lowest BCUT2D eigenvalue weighted by molar-refractivity contribution is 0.0531. The molecular weight excluding hydrogens is 452 g/mol. The quantitative estimate of drug-likeness (QED) is 0.440. The maximum atomic E-state index is 15.1. The Hall–Kier alpha value is -3.98. The number of pyridine rings is 1. The summed E-state index contributed by atoms with van der Waals surface area (Å²) in [6.45, 7) is 3.79. The summed E-state index contributed by atoms with van der Waals surface area (Å²) in [5.74, 6) is -1.09. The van der Waals surface area contributed by atoms with Crippen LogP contribution in [0.25, 0.3) is 33.3 Å². The van der Waals surface area contributed by atoms with Crippen molar-refractivity contribution in [2.24, 2.45) is 0 Å². The molecule has 5 rings (SSSR count). The molecule has 0 spiro atoms. The highest BCUT2D eigenvalue weighted by molar-refractivity contribution is 5.89. The lowest BCUT2D eigenvalue weighted by Crippen LogP contribution is -2.46. The summed E-state index contributed by atoms with van der Waals surface area (Å²) in [5.41, 5.74) is 4.23. The molecule has 2 amide bonds. The number of nitrogens with one attached hydrogen (secondary N) is 1. The topological polar surface area (TPSA) is 80.2 Å². The van der Waals surface area contributed by atoms with Crippen LogP contribution in [0.4, 0.5) is 13.6 Å². The lowest BCUT2D eigenvalue weighted by atomic mass is 9.96. The molecule has 178 valence electrons. The number of hydrogen-bond donors (Lipinski definition) is 1. The van der Waals surface area contributed by atoms with Gasteiger partial charge in [-0.1, -0.05) is 6.07 Å². The average molecular weight is 475 g/mol. The molecule has 0 aliphatic carbocycles. The van der Waals surface area contributed by atoms with Crippen LogP contribution in [0.5, 0.6) is 0 Å². The van der Waals surface area contributed by atoms with Gasteiger partial charge in [-0.05, 0) is 55.0 Å². The predicted molar refractivity (Wildman–Crippen MR) is 127 cm³/mol. The zero-order chi connectivity index (χ0) is 24.4. The first-order chi connectivity index (χ1) is 17.0. The van der Waals surface area contributed by atoms with Gasteiger partial charge >= 0.3 is 6.03 Å². The van der Waals surface area contributed by atoms with E-state index < -0.39 is 11.8 Å². The van der Waals surface area contributed by atoms with Gasteiger partial charge in [-0.15, -0.1) is 0 Å². The maximum absolute atomic E-state index is 15.1. The Balaban J connectivity index is 1.55. The minimum absolute atomic E-state index is 0.0263. The summed E-state index contributed by atoms with van der Waals surface area (Å²) in [7, 11) is 0. The Labute approximate surface area is 200 Å². The number of urea groups is 1. The van der Waals surface area contributed by atoms with Crippen molar-refractivity contribution < 1.29 is 18.3 Å². The molecule has 2 aromatic carbocycles. The molecule has 7 nitrogen and oxygen atoms in total. The number of morpholine rings is 1. The minimum Gasteiger partial charge on any atom is -0.378 e. The fraction of sp³-hybridized carbons (Fsp3) is 0.231. The number of benzene rings is 2. The third-order valence-corrected chi connectivity index (χ3v) is 6.04. The number of fused-ring (bicyclic) bond motifs is 1. The van der Waals surface area contributed by atoms with Crippen LogP contribution in [0.3, 0.4) is 0 Å². The zero-order valence-electron chi connectivity index (χ0n) is 19.1. The van der Waals surface area contributed by atoms with Gasteiger partial charge in [0.25, 0.3) is 0 Å². The molecule has 3 heterocycles. The normalized spacial score (nSPS) is 13.7. The lowest BCUT2D eigenvalue weighted by Gasteiger charge is -2.27. The second-order valence-corrected chi connectivity index (χ2v) is 8.29. The molecule has 0 radical (unpaired) electrons. The van der Waals surface area contributed by atoms with Crippen LogP contribution in [0.2, 0.25) is 0 Å². The molecule has 9 heteroatoms. The number of nitrogens with zero attached hydrogens (tertiary/aromatic N) is 4. The maximum Gasteiger partial charge on any atom is 0.317 e. The molecule has 1 aliphatic heterocycles. The standard InChI is InChI=1S/C26H23F2N5O2/c1-16-21-12-18(4-7-23(21)31-15-30-16)22-13-19(14-29-26(34)33-8-10-35-11-9-33)25(28)32-24(22)17-2-5-20(27)6-3-17/h2-7,12-13,15H,8-11,14H2,1H3,(H,29,34). The van der Waals surface area contributed by atoms with Crippen LogP contribution in [0.1, 0.15) is 11.3 Å². The molecule has 35 heavy (non-hydrogen) atoms. The SMILES string of the molecule is Cc1ncnc2ccc(-c3cc(CNC(=O)N4CCOCC4)c(F)nc3-c3ccc(F)cc3)cc12. The summed E-state index contributed by atoms with van der Waals surface area (Å²) in [5, 5.41) is 3.64. The largest absolute Gasteiger partial charge is 0.378 e. The van der Waals surface area contributed by atoms with Crippen LogP contribution in [0.15, 0.2) is 54.9 Å². The Morgan fingerprint density at radius 1 is 1.03 bits per heavy atom. The highest BCUT2D eigenvalue weighted by Gasteiger charge is 2.19. The van der Waals surface area contributed by atoms with E-state index in [0.717, 1.165) is 22.2 Å². The number of aromatic nitrogens is 3. The highest BCUT2D eigenvalue weighted by Crippen LogP contribution is 2.34. The number of carbonyl (C=O) groups excluding carboxylic acids is 1. The fourth-order valence-corrected chi connectivity index (χ4v) is 4.11. The summed E-state index contributed by atoms with van der Waals surface area (Å²) in [6, 6.07) is 12.8. The highest BCUT2D eigenvalue weighted by atomic mass is 19.1. The van der Waals surface area contributed by atoms with E-state index in [9.17, 15) is 9.18 Å². The van der Waals surface area contributed by atoms with Crippen molar-refractivity contribution >= 4 is 16.9 Å². The fourth-order valence-electron chi connectivity index (χ4n) is 4.11. The van der Waals surface area contributed by atoms with Gasteiger partial charge in [0.15, 0.2) is 0 Å². The second-order valence-electron chi connectivity index (χ2n) is 8.29. The van der Waals surface area contributed by atoms with Gasteiger partial charge in [0.1, 0.15) is 12.1 Å². The average Bonchev–Trinajstić information content (AvgIpc) is 2.89. The monoisotopic (exact) mass is 475 g/mol. The Morgan fingerprint density at radius 2 is 1.77 bits per heavy atom. The van der Waals surface area contributed by atoms with Crippen LogP contribution < -0.4 is 5.32 Å². The first-order valence-corrected chi connectivity index (χ1v) is 11.3. The molecule has 0 unspecified atom stereocenters. The molecule has 0 atom stereocenters. The summed E-state index contributed by atoms with van der Waals surface area (Å²) in [4.78, 5) is 27.0. The van der Waals surface area contributed by atoms with E-state index in [4.69, 9.17) is 4.74 Å². The number of rotatable bonds is 4. The van der Waals surface area contributed by atoms with Gasteiger partial charge in [-0.3, -0.25) is 0 Å². The van der Waals surface area contributed by atoms with E-state index in [0.29, 0.717) is 43.1 Å². The van der Waals surface area contributed by atoms with Crippen molar-refractivity contribution in [1.29, 1.82) is 0 Å². The minimum atomic E-state index is -0.698. The van der Waals surface area contributed by atoms with Crippen molar-refractivity contribution in [3.05, 3.63) is 77.9 Å². The first kappa shape index (κ1) is 22.8. The van der Waals surface area contributed by atoms with Crippen LogP contribution in [-0.2, 0) is 11.3 Å². The third kappa shape index (κ3) is 4.81. The van der Waals surface area contributed by atoms with Crippen LogP contribution >= 0.6 is 0 Å². The number of amides is 2. The van der Waals surface area contributed by atoms with Crippen LogP contribution in [-0.4, -0.2) is 52.2 Å². The van der Waals surface area contributed by atoms with Gasteiger partial charge in [-0.25, -0.2) is 24.1 Å². The van der Waals surface area contributed by atoms with Gasteiger partial charge in [0, 0.05) is 47.4 Å². The van der Waals surface area contributed by atoms with E-state index in [2.05, 4.69) is 20.3 Å². The van der Waals surface area contributed by atoms with Crippen LogP contribution in [0, 0.1) is 18.7 Å². The Kier molecular flexibility index (Phi) is 6.33. The molecule has 0 bridgehead atoms. The number of hydrogen-bond acceptors (Lipinski definition) is 5. The molecule has 1 fully saturated rings. The number of ether oxygens (including phenoxy) is 1. The molecule has 0 saturated carbocycles. The number of carbonyl (C=O) groups is 1. The Bertz CT molecular complexity index is 1390. The molecule has 4 aromatic rings. The first-order valence-electron chi connectivity index (χ1n) is 11.3. The summed E-state index contributed by atoms with van der Waals surface area (Å²) >= 11 is 0. The third-order valence-electron chi connectivity index (χ3n) is 6.04. The summed E-state index contributed by atoms with van der Waals surface area (Å²) in [6.07, 6.45) is 1.51. The van der Waals surface area contributed by atoms with Gasteiger partial charge in [-0.2, -0.15) is 4.39 Å². The molecule has 1 aliphatic rings. The van der Waals surface area contributed by atoms with Crippen molar-refractivity contribution in [3.8, 4) is 22.4 Å². The number of halogens is 2. The van der Waals surface area contributed by atoms with E-state index in [1.165, 1.54) is 18.5 Å². The van der Waals surface area contributed by atoms with E-state index in [1.54, 1.807) is 23.1 Å². The van der Waals surface area contributed by atoms with Crippen molar-refractivity contribution in [2.75, 3.05) is 26.3 Å². The van der Waals surface area contributed by atoms with Gasteiger partial charge in [0.2, 0.25) is 5.95 Å². The smallest absolute Gasteiger partial charge is 0.317 e. The van der Waals surface area contributed by atoms with Crippen molar-refractivity contribution in [2.45, 2.75) is 13.5 Å². The summed E-state index contributed by atoms with van der Waals surface area (Å²) < 4.78 is 34.0.